The molecule has 0 atom stereocenters. The minimum Gasteiger partial charge on any atom is -0.324 e. The number of hydrogen-bond acceptors (Lipinski definition) is 4. The predicted molar refractivity (Wildman–Crippen MR) is 66.6 cm³/mol. The molecule has 0 fully saturated rings. The van der Waals surface area contributed by atoms with Gasteiger partial charge in [0.15, 0.2) is 0 Å². The molecule has 1 aromatic carbocycles. The van der Waals surface area contributed by atoms with Crippen LogP contribution in [0.3, 0.4) is 0 Å². The average molecular weight is 237 g/mol. The van der Waals surface area contributed by atoms with E-state index in [4.69, 9.17) is 5.73 Å². The van der Waals surface area contributed by atoms with Crippen molar-refractivity contribution < 1.29 is 4.79 Å². The lowest BCUT2D eigenvalue weighted by Crippen LogP contribution is -2.24. The lowest BCUT2D eigenvalue weighted by molar-refractivity contribution is -0.113. The van der Waals surface area contributed by atoms with Crippen LogP contribution in [0.2, 0.25) is 0 Å². The molecule has 0 radical (unpaired) electrons. The minimum absolute atomic E-state index is 0.0785. The Hall–Kier alpha value is -1.04. The molecule has 4 nitrogen and oxygen atoms in total. The van der Waals surface area contributed by atoms with Crippen LogP contribution < -0.4 is 16.4 Å². The Balaban J connectivity index is 2.06. The number of nitrogens with two attached hydrogens (primary N) is 1. The number of amides is 1. The molecule has 1 amide bonds. The van der Waals surface area contributed by atoms with Crippen LogP contribution >= 0.6 is 11.8 Å². The van der Waals surface area contributed by atoms with E-state index in [-0.39, 0.29) is 5.91 Å². The van der Waals surface area contributed by atoms with Crippen LogP contribution in [0.5, 0.6) is 0 Å². The molecule has 5 heteroatoms. The van der Waals surface area contributed by atoms with Gasteiger partial charge in [-0.15, -0.1) is 11.8 Å². The lowest BCUT2D eigenvalue weighted by atomic mass is 10.1. The van der Waals surface area contributed by atoms with E-state index >= 15 is 0 Å². The standard InChI is InChI=1S/C11H15N3OS/c12-7-13-4-3-8-1-2-10-9(5-8)14-11(15)6-16-10/h1-2,5,13H,3-4,6-7,12H2,(H,14,15). The summed E-state index contributed by atoms with van der Waals surface area (Å²) in [6, 6.07) is 6.20. The van der Waals surface area contributed by atoms with E-state index in [9.17, 15) is 4.79 Å². The quantitative estimate of drug-likeness (QED) is 0.535. The zero-order chi connectivity index (χ0) is 11.4. The smallest absolute Gasteiger partial charge is 0.234 e. The van der Waals surface area contributed by atoms with Crippen molar-refractivity contribution in [2.75, 3.05) is 24.3 Å². The van der Waals surface area contributed by atoms with Crippen molar-refractivity contribution in [1.29, 1.82) is 0 Å². The molecule has 1 aromatic rings. The van der Waals surface area contributed by atoms with Crippen LogP contribution in [0.15, 0.2) is 23.1 Å². The van der Waals surface area contributed by atoms with Crippen LogP contribution in [0, 0.1) is 0 Å². The van der Waals surface area contributed by atoms with E-state index in [2.05, 4.69) is 22.8 Å². The van der Waals surface area contributed by atoms with E-state index in [0.717, 1.165) is 23.5 Å². The van der Waals surface area contributed by atoms with Gasteiger partial charge in [-0.2, -0.15) is 0 Å². The molecule has 0 bridgehead atoms. The highest BCUT2D eigenvalue weighted by Gasteiger charge is 2.14. The molecule has 0 saturated carbocycles. The molecular formula is C11H15N3OS. The molecule has 0 aromatic heterocycles. The normalized spacial score (nSPS) is 14.4. The van der Waals surface area contributed by atoms with Gasteiger partial charge < -0.3 is 16.4 Å². The molecule has 0 aliphatic carbocycles. The fourth-order valence-electron chi connectivity index (χ4n) is 1.62. The molecule has 1 heterocycles. The third-order valence-electron chi connectivity index (χ3n) is 2.41. The molecule has 1 aliphatic rings. The van der Waals surface area contributed by atoms with Gasteiger partial charge in [-0.05, 0) is 24.1 Å². The van der Waals surface area contributed by atoms with Crippen LogP contribution in [-0.4, -0.2) is 24.9 Å². The van der Waals surface area contributed by atoms with E-state index in [1.54, 1.807) is 11.8 Å². The van der Waals surface area contributed by atoms with E-state index < -0.39 is 0 Å². The maximum Gasteiger partial charge on any atom is 0.234 e. The second-order valence-electron chi connectivity index (χ2n) is 3.62. The molecule has 1 aliphatic heterocycles. The Morgan fingerprint density at radius 2 is 2.38 bits per heavy atom. The Kier molecular flexibility index (Phi) is 3.82. The number of hydrogen-bond donors (Lipinski definition) is 3. The number of carbonyl (C=O) groups excluding carboxylic acids is 1. The number of anilines is 1. The molecule has 16 heavy (non-hydrogen) atoms. The molecule has 0 saturated heterocycles. The molecule has 86 valence electrons. The summed E-state index contributed by atoms with van der Waals surface area (Å²) in [4.78, 5) is 12.4. The van der Waals surface area contributed by atoms with Crippen molar-refractivity contribution in [1.82, 2.24) is 5.32 Å². The summed E-state index contributed by atoms with van der Waals surface area (Å²) in [6.45, 7) is 1.36. The van der Waals surface area contributed by atoms with E-state index in [1.807, 2.05) is 6.07 Å². The fourth-order valence-corrected chi connectivity index (χ4v) is 2.41. The summed E-state index contributed by atoms with van der Waals surface area (Å²) >= 11 is 1.59. The van der Waals surface area contributed by atoms with E-state index in [0.29, 0.717) is 12.4 Å². The van der Waals surface area contributed by atoms with Gasteiger partial charge in [0.1, 0.15) is 0 Å². The summed E-state index contributed by atoms with van der Waals surface area (Å²) in [7, 11) is 0. The monoisotopic (exact) mass is 237 g/mol. The summed E-state index contributed by atoms with van der Waals surface area (Å²) in [5.41, 5.74) is 7.50. The number of carbonyl (C=O) groups is 1. The first-order chi connectivity index (χ1) is 7.79. The van der Waals surface area contributed by atoms with Crippen LogP contribution in [0.25, 0.3) is 0 Å². The van der Waals surface area contributed by atoms with Gasteiger partial charge in [-0.3, -0.25) is 4.79 Å². The van der Waals surface area contributed by atoms with Crippen molar-refractivity contribution in [3.8, 4) is 0 Å². The molecule has 4 N–H and O–H groups in total. The fraction of sp³-hybridized carbons (Fsp3) is 0.364. The van der Waals surface area contributed by atoms with Gasteiger partial charge in [0, 0.05) is 18.1 Å². The van der Waals surface area contributed by atoms with Crippen molar-refractivity contribution >= 4 is 23.4 Å². The van der Waals surface area contributed by atoms with Gasteiger partial charge >= 0.3 is 0 Å². The van der Waals surface area contributed by atoms with Gasteiger partial charge in [0.05, 0.1) is 11.4 Å². The summed E-state index contributed by atoms with van der Waals surface area (Å²) in [6.07, 6.45) is 0.922. The molecule has 0 spiro atoms. The second kappa shape index (κ2) is 5.34. The predicted octanol–water partition coefficient (Wildman–Crippen LogP) is 0.779. The first-order valence-corrected chi connectivity index (χ1v) is 6.24. The maximum absolute atomic E-state index is 11.2. The summed E-state index contributed by atoms with van der Waals surface area (Å²) in [5, 5.41) is 5.96. The van der Waals surface area contributed by atoms with Gasteiger partial charge in [0.2, 0.25) is 5.91 Å². The molecule has 0 unspecified atom stereocenters. The first kappa shape index (κ1) is 11.4. The highest BCUT2D eigenvalue weighted by molar-refractivity contribution is 8.00. The number of thioether (sulfide) groups is 1. The third kappa shape index (κ3) is 2.75. The largest absolute Gasteiger partial charge is 0.324 e. The minimum atomic E-state index is 0.0785. The van der Waals surface area contributed by atoms with Gasteiger partial charge in [-0.1, -0.05) is 6.07 Å². The number of benzene rings is 1. The molecule has 2 rings (SSSR count). The van der Waals surface area contributed by atoms with Crippen molar-refractivity contribution in [3.63, 3.8) is 0 Å². The Morgan fingerprint density at radius 3 is 3.19 bits per heavy atom. The number of rotatable bonds is 4. The zero-order valence-electron chi connectivity index (χ0n) is 8.95. The highest BCUT2D eigenvalue weighted by atomic mass is 32.2. The second-order valence-corrected chi connectivity index (χ2v) is 4.64. The SMILES string of the molecule is NCNCCc1ccc2c(c1)NC(=O)CS2. The van der Waals surface area contributed by atoms with Crippen LogP contribution in [0.4, 0.5) is 5.69 Å². The topological polar surface area (TPSA) is 67.2 Å². The third-order valence-corrected chi connectivity index (χ3v) is 3.49. The van der Waals surface area contributed by atoms with Crippen molar-refractivity contribution in [3.05, 3.63) is 23.8 Å². The Morgan fingerprint density at radius 1 is 1.50 bits per heavy atom. The zero-order valence-corrected chi connectivity index (χ0v) is 9.77. The Labute approximate surface area is 99.0 Å². The van der Waals surface area contributed by atoms with E-state index in [1.165, 1.54) is 5.56 Å². The summed E-state index contributed by atoms with van der Waals surface area (Å²) in [5.74, 6) is 0.593. The van der Waals surface area contributed by atoms with Gasteiger partial charge in [-0.25, -0.2) is 0 Å². The maximum atomic E-state index is 11.2. The number of nitrogens with one attached hydrogen (secondary N) is 2. The summed E-state index contributed by atoms with van der Waals surface area (Å²) < 4.78 is 0. The average Bonchev–Trinajstić information content (AvgIpc) is 2.29. The lowest BCUT2D eigenvalue weighted by Gasteiger charge is -2.17. The molecular weight excluding hydrogens is 222 g/mol. The van der Waals surface area contributed by atoms with Gasteiger partial charge in [0.25, 0.3) is 0 Å². The Bertz CT molecular complexity index is 395. The van der Waals surface area contributed by atoms with Crippen molar-refractivity contribution in [2.45, 2.75) is 11.3 Å². The van der Waals surface area contributed by atoms with Crippen molar-refractivity contribution in [2.24, 2.45) is 5.73 Å². The van der Waals surface area contributed by atoms with Crippen LogP contribution in [0.1, 0.15) is 5.56 Å². The van der Waals surface area contributed by atoms with Crippen LogP contribution in [-0.2, 0) is 11.2 Å². The first-order valence-electron chi connectivity index (χ1n) is 5.26. The highest BCUT2D eigenvalue weighted by Crippen LogP contribution is 2.31. The number of fused-ring (bicyclic) bond motifs is 1.